The Bertz CT molecular complexity index is 322. The number of aromatic nitrogens is 4. The Balaban J connectivity index is 2.16. The molecule has 0 aliphatic carbocycles. The first-order valence-electron chi connectivity index (χ1n) is 3.95. The van der Waals surface area contributed by atoms with Crippen molar-refractivity contribution in [1.29, 1.82) is 0 Å². The monoisotopic (exact) mass is 172 g/mol. The van der Waals surface area contributed by atoms with Crippen LogP contribution in [0.1, 0.15) is 11.3 Å². The quantitative estimate of drug-likeness (QED) is 0.674. The zero-order chi connectivity index (χ0) is 8.93. The van der Waals surface area contributed by atoms with Gasteiger partial charge in [-0.05, 0) is 11.6 Å². The van der Waals surface area contributed by atoms with E-state index in [1.807, 2.05) is 18.3 Å². The van der Waals surface area contributed by atoms with Crippen molar-refractivity contribution in [1.82, 2.24) is 20.2 Å². The molecule has 0 saturated carbocycles. The maximum absolute atomic E-state index is 4.01. The maximum atomic E-state index is 4.01. The Morgan fingerprint density at radius 1 is 1.15 bits per heavy atom. The summed E-state index contributed by atoms with van der Waals surface area (Å²) in [7, 11) is 0. The van der Waals surface area contributed by atoms with Crippen LogP contribution >= 0.6 is 0 Å². The van der Waals surface area contributed by atoms with Gasteiger partial charge in [-0.25, -0.2) is 4.98 Å². The molecule has 64 valence electrons. The van der Waals surface area contributed by atoms with E-state index in [2.05, 4.69) is 20.2 Å². The van der Waals surface area contributed by atoms with Gasteiger partial charge < -0.3 is 0 Å². The summed E-state index contributed by atoms with van der Waals surface area (Å²) in [5.41, 5.74) is 1.97. The molecule has 0 saturated heterocycles. The lowest BCUT2D eigenvalue weighted by atomic mass is 10.2. The summed E-state index contributed by atoms with van der Waals surface area (Å²) < 4.78 is 0. The van der Waals surface area contributed by atoms with Crippen LogP contribution < -0.4 is 0 Å². The lowest BCUT2D eigenvalue weighted by Crippen LogP contribution is -1.95. The Morgan fingerprint density at radius 3 is 2.85 bits per heavy atom. The predicted molar refractivity (Wildman–Crippen MR) is 46.9 cm³/mol. The van der Waals surface area contributed by atoms with Crippen molar-refractivity contribution in [2.24, 2.45) is 0 Å². The summed E-state index contributed by atoms with van der Waals surface area (Å²) in [4.78, 5) is 7.90. The molecule has 13 heavy (non-hydrogen) atoms. The fraction of sp³-hybridized carbons (Fsp3) is 0.111. The number of rotatable bonds is 2. The molecule has 4 nitrogen and oxygen atoms in total. The molecule has 2 heterocycles. The van der Waals surface area contributed by atoms with Crippen LogP contribution in [0.4, 0.5) is 0 Å². The highest BCUT2D eigenvalue weighted by atomic mass is 15.1. The Hall–Kier alpha value is -1.84. The molecule has 0 amide bonds. The zero-order valence-corrected chi connectivity index (χ0v) is 6.96. The summed E-state index contributed by atoms with van der Waals surface area (Å²) in [5, 5.41) is 7.63. The van der Waals surface area contributed by atoms with Gasteiger partial charge in [-0.3, -0.25) is 4.98 Å². The molecule has 4 heteroatoms. The van der Waals surface area contributed by atoms with Crippen molar-refractivity contribution < 1.29 is 0 Å². The summed E-state index contributed by atoms with van der Waals surface area (Å²) >= 11 is 0. The fourth-order valence-electron chi connectivity index (χ4n) is 1.07. The lowest BCUT2D eigenvalue weighted by molar-refractivity contribution is 0.889. The van der Waals surface area contributed by atoms with Crippen molar-refractivity contribution in [2.75, 3.05) is 0 Å². The first-order valence-corrected chi connectivity index (χ1v) is 3.95. The smallest absolute Gasteiger partial charge is 0.138 e. The van der Waals surface area contributed by atoms with E-state index in [1.54, 1.807) is 12.4 Å². The van der Waals surface area contributed by atoms with Gasteiger partial charge in [-0.15, -0.1) is 5.10 Å². The van der Waals surface area contributed by atoms with Crippen molar-refractivity contribution in [3.8, 4) is 0 Å². The molecular formula is C9H8N4. The second-order valence-corrected chi connectivity index (χ2v) is 2.64. The number of pyridine rings is 1. The molecule has 2 aromatic rings. The van der Waals surface area contributed by atoms with Crippen LogP contribution in [0.15, 0.2) is 37.1 Å². The molecule has 0 atom stereocenters. The third-order valence-corrected chi connectivity index (χ3v) is 1.64. The molecule has 0 unspecified atom stereocenters. The van der Waals surface area contributed by atoms with Crippen LogP contribution in [-0.2, 0) is 6.42 Å². The minimum atomic E-state index is 0.731. The van der Waals surface area contributed by atoms with Gasteiger partial charge in [0.2, 0.25) is 0 Å². The highest BCUT2D eigenvalue weighted by molar-refractivity contribution is 5.15. The molecule has 2 aromatic heterocycles. The van der Waals surface area contributed by atoms with E-state index in [1.165, 1.54) is 6.33 Å². The molecule has 0 bridgehead atoms. The van der Waals surface area contributed by atoms with E-state index in [0.29, 0.717) is 0 Å². The molecule has 0 radical (unpaired) electrons. The van der Waals surface area contributed by atoms with Crippen LogP contribution in [0.5, 0.6) is 0 Å². The predicted octanol–water partition coefficient (Wildman–Crippen LogP) is 0.857. The summed E-state index contributed by atoms with van der Waals surface area (Å²) in [5.74, 6) is 0. The standard InChI is InChI=1S/C9H8N4/c1-2-8(5-10-3-1)4-9-6-11-7-12-13-9/h1-3,5-7H,4H2. The Labute approximate surface area is 75.7 Å². The van der Waals surface area contributed by atoms with E-state index >= 15 is 0 Å². The third-order valence-electron chi connectivity index (χ3n) is 1.64. The van der Waals surface area contributed by atoms with Gasteiger partial charge in [-0.1, -0.05) is 6.07 Å². The van der Waals surface area contributed by atoms with Gasteiger partial charge in [0, 0.05) is 18.8 Å². The van der Waals surface area contributed by atoms with Gasteiger partial charge in [0.1, 0.15) is 6.33 Å². The first kappa shape index (κ1) is 7.79. The number of hydrogen-bond acceptors (Lipinski definition) is 4. The molecule has 0 aliphatic heterocycles. The van der Waals surface area contributed by atoms with Crippen LogP contribution in [0.25, 0.3) is 0 Å². The van der Waals surface area contributed by atoms with Gasteiger partial charge in [-0.2, -0.15) is 5.10 Å². The number of hydrogen-bond donors (Lipinski definition) is 0. The van der Waals surface area contributed by atoms with Gasteiger partial charge in [0.05, 0.1) is 11.9 Å². The minimum Gasteiger partial charge on any atom is -0.264 e. The van der Waals surface area contributed by atoms with E-state index in [0.717, 1.165) is 17.7 Å². The van der Waals surface area contributed by atoms with Crippen LogP contribution in [0.3, 0.4) is 0 Å². The SMILES string of the molecule is c1cncc(Cc2cncnn2)c1. The molecule has 0 spiro atoms. The van der Waals surface area contributed by atoms with E-state index in [9.17, 15) is 0 Å². The summed E-state index contributed by atoms with van der Waals surface area (Å²) in [6, 6.07) is 3.90. The maximum Gasteiger partial charge on any atom is 0.138 e. The van der Waals surface area contributed by atoms with Gasteiger partial charge >= 0.3 is 0 Å². The molecule has 2 rings (SSSR count). The molecule has 0 aliphatic rings. The van der Waals surface area contributed by atoms with Crippen molar-refractivity contribution in [3.05, 3.63) is 48.3 Å². The van der Waals surface area contributed by atoms with Crippen molar-refractivity contribution in [3.63, 3.8) is 0 Å². The van der Waals surface area contributed by atoms with E-state index < -0.39 is 0 Å². The van der Waals surface area contributed by atoms with Crippen molar-refractivity contribution in [2.45, 2.75) is 6.42 Å². The Kier molecular flexibility index (Phi) is 2.22. The fourth-order valence-corrected chi connectivity index (χ4v) is 1.07. The molecular weight excluding hydrogens is 164 g/mol. The molecule has 0 aromatic carbocycles. The summed E-state index contributed by atoms with van der Waals surface area (Å²) in [6.07, 6.45) is 7.43. The highest BCUT2D eigenvalue weighted by Gasteiger charge is 1.96. The minimum absolute atomic E-state index is 0.731. The lowest BCUT2D eigenvalue weighted by Gasteiger charge is -1.97. The van der Waals surface area contributed by atoms with Crippen molar-refractivity contribution >= 4 is 0 Å². The largest absolute Gasteiger partial charge is 0.264 e. The van der Waals surface area contributed by atoms with E-state index in [-0.39, 0.29) is 0 Å². The average Bonchev–Trinajstić information content (AvgIpc) is 2.21. The first-order chi connectivity index (χ1) is 6.45. The number of nitrogens with zero attached hydrogens (tertiary/aromatic N) is 4. The highest BCUT2D eigenvalue weighted by Crippen LogP contribution is 2.02. The van der Waals surface area contributed by atoms with Crippen LogP contribution in [-0.4, -0.2) is 20.2 Å². The van der Waals surface area contributed by atoms with Crippen LogP contribution in [0, 0.1) is 0 Å². The summed E-state index contributed by atoms with van der Waals surface area (Å²) in [6.45, 7) is 0. The van der Waals surface area contributed by atoms with Gasteiger partial charge in [0.15, 0.2) is 0 Å². The second-order valence-electron chi connectivity index (χ2n) is 2.64. The Morgan fingerprint density at radius 2 is 2.15 bits per heavy atom. The molecule has 0 N–H and O–H groups in total. The third kappa shape index (κ3) is 2.05. The average molecular weight is 172 g/mol. The van der Waals surface area contributed by atoms with Crippen LogP contribution in [0.2, 0.25) is 0 Å². The zero-order valence-electron chi connectivity index (χ0n) is 6.96. The normalized spacial score (nSPS) is 9.85. The molecule has 0 fully saturated rings. The second kappa shape index (κ2) is 3.71. The van der Waals surface area contributed by atoms with Gasteiger partial charge in [0.25, 0.3) is 0 Å². The topological polar surface area (TPSA) is 51.6 Å². The van der Waals surface area contributed by atoms with E-state index in [4.69, 9.17) is 0 Å².